The molecule has 1 rings (SSSR count). The maximum Gasteiger partial charge on any atom is 0.317 e. The van der Waals surface area contributed by atoms with Crippen LogP contribution in [0.15, 0.2) is 12.2 Å². The van der Waals surface area contributed by atoms with Crippen LogP contribution in [0.5, 0.6) is 0 Å². The first-order valence-electron chi connectivity index (χ1n) is 10.4. The van der Waals surface area contributed by atoms with Crippen LogP contribution < -0.4 is 0 Å². The second-order valence-electron chi connectivity index (χ2n) is 8.38. The lowest BCUT2D eigenvalue weighted by atomic mass is 9.71. The molecule has 0 aromatic carbocycles. The lowest BCUT2D eigenvalue weighted by molar-refractivity contribution is -0.137. The highest BCUT2D eigenvalue weighted by molar-refractivity contribution is 5.84. The zero-order valence-corrected chi connectivity index (χ0v) is 17.2. The van der Waals surface area contributed by atoms with Crippen molar-refractivity contribution in [2.45, 2.75) is 96.5 Å². The van der Waals surface area contributed by atoms with Gasteiger partial charge in [-0.05, 0) is 51.9 Å². The maximum absolute atomic E-state index is 14.0. The van der Waals surface area contributed by atoms with Crippen molar-refractivity contribution in [3.05, 3.63) is 18.6 Å². The van der Waals surface area contributed by atoms with Crippen LogP contribution in [0.4, 0.5) is 8.78 Å². The Hall–Kier alpha value is -1.30. The van der Waals surface area contributed by atoms with Crippen LogP contribution in [-0.4, -0.2) is 27.6 Å². The fourth-order valence-electron chi connectivity index (χ4n) is 4.07. The number of carbonyl (C=O) groups is 2. The highest BCUT2D eigenvalue weighted by Crippen LogP contribution is 2.54. The van der Waals surface area contributed by atoms with Crippen molar-refractivity contribution in [2.24, 2.45) is 11.3 Å². The second-order valence-corrected chi connectivity index (χ2v) is 8.38. The minimum absolute atomic E-state index is 0.0661. The van der Waals surface area contributed by atoms with Gasteiger partial charge in [-0.25, -0.2) is 0 Å². The number of hydrogen-bond acceptors (Lipinski definition) is 3. The Bertz CT molecular complexity index is 531. The van der Waals surface area contributed by atoms with Gasteiger partial charge in [0, 0.05) is 18.8 Å². The van der Waals surface area contributed by atoms with Gasteiger partial charge < -0.3 is 10.2 Å². The van der Waals surface area contributed by atoms with Crippen molar-refractivity contribution in [2.75, 3.05) is 0 Å². The molecule has 1 radical (unpaired) electrons. The fraction of sp³-hybridized carbons (Fsp3) is 0.773. The molecule has 0 bridgehead atoms. The van der Waals surface area contributed by atoms with Crippen LogP contribution in [0.25, 0.3) is 0 Å². The largest absolute Gasteiger partial charge is 0.481 e. The Morgan fingerprint density at radius 3 is 2.57 bits per heavy atom. The van der Waals surface area contributed by atoms with Crippen LogP contribution in [0, 0.1) is 17.8 Å². The van der Waals surface area contributed by atoms with Crippen molar-refractivity contribution in [1.29, 1.82) is 0 Å². The number of ketones is 1. The molecule has 0 amide bonds. The lowest BCUT2D eigenvalue weighted by Gasteiger charge is -2.35. The number of aliphatic hydroxyl groups is 1. The van der Waals surface area contributed by atoms with E-state index in [0.717, 1.165) is 19.3 Å². The van der Waals surface area contributed by atoms with Crippen LogP contribution in [-0.2, 0) is 9.59 Å². The monoisotopic (exact) mass is 401 g/mol. The summed E-state index contributed by atoms with van der Waals surface area (Å²) in [5, 5.41) is 19.2. The third-order valence-electron chi connectivity index (χ3n) is 5.98. The predicted octanol–water partition coefficient (Wildman–Crippen LogP) is 5.69. The number of halogens is 2. The molecule has 4 nitrogen and oxygen atoms in total. The molecule has 1 saturated carbocycles. The van der Waals surface area contributed by atoms with Crippen molar-refractivity contribution in [3.63, 3.8) is 0 Å². The zero-order valence-electron chi connectivity index (χ0n) is 17.2. The Morgan fingerprint density at radius 1 is 1.25 bits per heavy atom. The third kappa shape index (κ3) is 7.61. The molecule has 161 valence electrons. The van der Waals surface area contributed by atoms with Crippen molar-refractivity contribution < 1.29 is 28.6 Å². The van der Waals surface area contributed by atoms with Crippen molar-refractivity contribution in [1.82, 2.24) is 0 Å². The number of carboxylic acid groups (broad SMARTS) is 1. The molecule has 1 aliphatic rings. The van der Waals surface area contributed by atoms with Crippen LogP contribution in [0.1, 0.15) is 90.9 Å². The minimum atomic E-state index is -1.70. The summed E-state index contributed by atoms with van der Waals surface area (Å²) in [4.78, 5) is 22.8. The van der Waals surface area contributed by atoms with E-state index in [2.05, 4.69) is 6.92 Å². The Morgan fingerprint density at radius 2 is 1.96 bits per heavy atom. The summed E-state index contributed by atoms with van der Waals surface area (Å²) in [6, 6.07) is 0. The number of unbranched alkanes of at least 4 members (excludes halogenated alkanes) is 3. The number of allylic oxidation sites excluding steroid dienone is 2. The molecule has 0 saturated heterocycles. The van der Waals surface area contributed by atoms with E-state index in [1.54, 1.807) is 19.1 Å². The molecule has 28 heavy (non-hydrogen) atoms. The Kier molecular flexibility index (Phi) is 10.3. The highest BCUT2D eigenvalue weighted by atomic mass is 19.3. The summed E-state index contributed by atoms with van der Waals surface area (Å²) >= 11 is 0. The van der Waals surface area contributed by atoms with E-state index < -0.39 is 29.3 Å². The first-order chi connectivity index (χ1) is 13.1. The highest BCUT2D eigenvalue weighted by Gasteiger charge is 2.54. The molecule has 0 aromatic heterocycles. The van der Waals surface area contributed by atoms with Gasteiger partial charge >= 0.3 is 12.4 Å². The van der Waals surface area contributed by atoms with Crippen LogP contribution in [0.3, 0.4) is 0 Å². The maximum atomic E-state index is 14.0. The number of carboxylic acids is 1. The van der Waals surface area contributed by atoms with E-state index in [4.69, 9.17) is 5.11 Å². The van der Waals surface area contributed by atoms with Gasteiger partial charge in [-0.1, -0.05) is 38.3 Å². The van der Waals surface area contributed by atoms with Gasteiger partial charge in [0.25, 0.3) is 0 Å². The van der Waals surface area contributed by atoms with Crippen molar-refractivity contribution >= 4 is 11.8 Å². The van der Waals surface area contributed by atoms with E-state index in [1.807, 2.05) is 0 Å². The van der Waals surface area contributed by atoms with E-state index in [1.165, 1.54) is 0 Å². The van der Waals surface area contributed by atoms with Gasteiger partial charge in [-0.15, -0.1) is 0 Å². The second kappa shape index (κ2) is 11.6. The number of carbonyl (C=O) groups excluding carboxylic acids is 1. The summed E-state index contributed by atoms with van der Waals surface area (Å²) in [5.41, 5.74) is -2.45. The summed E-state index contributed by atoms with van der Waals surface area (Å²) < 4.78 is 28.0. The van der Waals surface area contributed by atoms with Gasteiger partial charge in [0.2, 0.25) is 0 Å². The standard InChI is InChI=1S/C22H35F2O4/c1-3-4-9-13-21(2,28)15-16-22(20(23)24)14-12-18(25)17(22)10-7-5-6-8-11-19(26)27/h5,7,17,28H,3-4,6,8-16H2,1-2H3,(H,26,27)/t17-,21?,22+/m0/s1. The first-order valence-corrected chi connectivity index (χ1v) is 10.4. The number of rotatable bonds is 14. The van der Waals surface area contributed by atoms with E-state index in [9.17, 15) is 23.5 Å². The topological polar surface area (TPSA) is 74.6 Å². The smallest absolute Gasteiger partial charge is 0.317 e. The number of hydrogen-bond donors (Lipinski definition) is 2. The van der Waals surface area contributed by atoms with E-state index in [0.29, 0.717) is 19.3 Å². The van der Waals surface area contributed by atoms with Gasteiger partial charge in [-0.3, -0.25) is 9.59 Å². The normalized spacial score (nSPS) is 24.9. The summed E-state index contributed by atoms with van der Waals surface area (Å²) in [5.74, 6) is -1.77. The first kappa shape index (κ1) is 24.7. The molecule has 0 aliphatic heterocycles. The summed E-state index contributed by atoms with van der Waals surface area (Å²) in [6.45, 7) is 3.77. The number of Topliss-reactive ketones (excluding diaryl/α,β-unsaturated/α-hetero) is 1. The molecule has 1 fully saturated rings. The fourth-order valence-corrected chi connectivity index (χ4v) is 4.07. The Labute approximate surface area is 167 Å². The third-order valence-corrected chi connectivity index (χ3v) is 5.98. The van der Waals surface area contributed by atoms with Crippen LogP contribution >= 0.6 is 0 Å². The average Bonchev–Trinajstić information content (AvgIpc) is 2.93. The van der Waals surface area contributed by atoms with Crippen molar-refractivity contribution in [3.8, 4) is 0 Å². The average molecular weight is 402 g/mol. The molecular formula is C22H35F2O4. The van der Waals surface area contributed by atoms with Gasteiger partial charge in [-0.2, -0.15) is 8.78 Å². The molecular weight excluding hydrogens is 366 g/mol. The molecule has 2 N–H and O–H groups in total. The molecule has 0 spiro atoms. The quantitative estimate of drug-likeness (QED) is 0.289. The SMILES string of the molecule is CCCCCC(C)(O)CC[C@]1([C](F)F)CCC(=O)[C@@H]1CC=CCCCC(=O)O. The van der Waals surface area contributed by atoms with Crippen LogP contribution in [0.2, 0.25) is 0 Å². The molecule has 1 unspecified atom stereocenters. The molecule has 1 aliphatic carbocycles. The molecule has 0 aromatic rings. The summed E-state index contributed by atoms with van der Waals surface area (Å²) in [7, 11) is 0. The molecule has 0 heterocycles. The van der Waals surface area contributed by atoms with E-state index in [-0.39, 0.29) is 44.3 Å². The minimum Gasteiger partial charge on any atom is -0.481 e. The molecule has 6 heteroatoms. The molecule has 3 atom stereocenters. The van der Waals surface area contributed by atoms with Gasteiger partial charge in [0.05, 0.1) is 11.0 Å². The zero-order chi connectivity index (χ0) is 21.2. The Balaban J connectivity index is 2.71. The predicted molar refractivity (Wildman–Crippen MR) is 105 cm³/mol. The number of aliphatic carboxylic acids is 1. The van der Waals surface area contributed by atoms with Gasteiger partial charge in [0.1, 0.15) is 5.78 Å². The summed E-state index contributed by atoms with van der Waals surface area (Å²) in [6.07, 6.45) is 7.25. The lowest BCUT2D eigenvalue weighted by Crippen LogP contribution is -2.35. The van der Waals surface area contributed by atoms with E-state index >= 15 is 0 Å². The van der Waals surface area contributed by atoms with Gasteiger partial charge in [0.15, 0.2) is 0 Å².